The van der Waals surface area contributed by atoms with Crippen LogP contribution in [-0.4, -0.2) is 46.9 Å². The fourth-order valence-corrected chi connectivity index (χ4v) is 4.73. The Morgan fingerprint density at radius 3 is 2.75 bits per heavy atom. The molecule has 126 valence electrons. The van der Waals surface area contributed by atoms with E-state index in [0.29, 0.717) is 18.9 Å². The van der Waals surface area contributed by atoms with Gasteiger partial charge in [0.25, 0.3) is 5.91 Å². The second-order valence-corrected chi connectivity index (χ2v) is 7.65. The number of hydrogen-bond acceptors (Lipinski definition) is 4. The van der Waals surface area contributed by atoms with Crippen LogP contribution in [0.4, 0.5) is 0 Å². The Morgan fingerprint density at radius 1 is 1.33 bits per heavy atom. The minimum Gasteiger partial charge on any atom is -0.469 e. The number of benzene rings is 1. The van der Waals surface area contributed by atoms with E-state index >= 15 is 0 Å². The number of para-hydroxylation sites is 2. The number of carbonyl (C=O) groups is 2. The average molecular weight is 327 g/mol. The van der Waals surface area contributed by atoms with Crippen LogP contribution < -0.4 is 0 Å². The number of H-pyrrole nitrogens is 1. The molecule has 2 aliphatic rings. The molecule has 2 atom stereocenters. The van der Waals surface area contributed by atoms with Crippen molar-refractivity contribution >= 4 is 22.9 Å². The normalized spacial score (nSPS) is 27.6. The van der Waals surface area contributed by atoms with Gasteiger partial charge in [0.1, 0.15) is 0 Å². The van der Waals surface area contributed by atoms with Crippen molar-refractivity contribution in [2.45, 2.75) is 20.3 Å². The summed E-state index contributed by atoms with van der Waals surface area (Å²) in [5.74, 6) is 0.104. The van der Waals surface area contributed by atoms with Crippen LogP contribution >= 0.6 is 0 Å². The lowest BCUT2D eigenvalue weighted by Crippen LogP contribution is -2.57. The minimum atomic E-state index is -0.556. The summed E-state index contributed by atoms with van der Waals surface area (Å²) in [6, 6.07) is 7.56. The van der Waals surface area contributed by atoms with E-state index in [-0.39, 0.29) is 23.2 Å². The molecule has 1 amide bonds. The van der Waals surface area contributed by atoms with Crippen molar-refractivity contribution in [2.75, 3.05) is 20.2 Å². The third-order valence-corrected chi connectivity index (χ3v) is 5.73. The van der Waals surface area contributed by atoms with Gasteiger partial charge in [-0.1, -0.05) is 26.0 Å². The van der Waals surface area contributed by atoms with E-state index in [1.54, 1.807) is 4.90 Å². The third kappa shape index (κ3) is 1.92. The average Bonchev–Trinajstić information content (AvgIpc) is 3.13. The van der Waals surface area contributed by atoms with Gasteiger partial charge in [-0.3, -0.25) is 9.59 Å². The number of nitrogens with one attached hydrogen (secondary N) is 1. The van der Waals surface area contributed by atoms with Crippen LogP contribution in [0.2, 0.25) is 0 Å². The highest BCUT2D eigenvalue weighted by molar-refractivity contribution is 5.95. The predicted octanol–water partition coefficient (Wildman–Crippen LogP) is 2.22. The molecule has 6 heteroatoms. The van der Waals surface area contributed by atoms with Gasteiger partial charge in [0, 0.05) is 13.1 Å². The maximum atomic E-state index is 12.9. The van der Waals surface area contributed by atoms with Crippen LogP contribution in [0.25, 0.3) is 11.0 Å². The maximum Gasteiger partial charge on any atom is 0.314 e. The van der Waals surface area contributed by atoms with Crippen LogP contribution in [0.15, 0.2) is 24.3 Å². The summed E-state index contributed by atoms with van der Waals surface area (Å²) in [7, 11) is 1.42. The highest BCUT2D eigenvalue weighted by Crippen LogP contribution is 2.63. The highest BCUT2D eigenvalue weighted by Gasteiger charge is 2.68. The number of nitrogens with zero attached hydrogens (tertiary/aromatic N) is 2. The largest absolute Gasteiger partial charge is 0.469 e. The van der Waals surface area contributed by atoms with Crippen molar-refractivity contribution in [3.8, 4) is 0 Å². The number of rotatable bonds is 2. The molecule has 6 nitrogen and oxygen atoms in total. The van der Waals surface area contributed by atoms with E-state index in [4.69, 9.17) is 4.74 Å². The Bertz CT molecular complexity index is 808. The minimum absolute atomic E-state index is 0.0388. The third-order valence-electron chi connectivity index (χ3n) is 5.73. The summed E-state index contributed by atoms with van der Waals surface area (Å²) in [4.78, 5) is 34.4. The molecule has 1 aromatic carbocycles. The number of fused-ring (bicyclic) bond motifs is 2. The summed E-state index contributed by atoms with van der Waals surface area (Å²) < 4.78 is 5.03. The number of amides is 1. The monoisotopic (exact) mass is 327 g/mol. The van der Waals surface area contributed by atoms with Gasteiger partial charge in [0.2, 0.25) is 0 Å². The Labute approximate surface area is 140 Å². The smallest absolute Gasteiger partial charge is 0.314 e. The quantitative estimate of drug-likeness (QED) is 0.858. The van der Waals surface area contributed by atoms with Crippen molar-refractivity contribution in [1.29, 1.82) is 0 Å². The number of esters is 1. The van der Waals surface area contributed by atoms with E-state index in [0.717, 1.165) is 17.5 Å². The number of likely N-dealkylation sites (tertiary alicyclic amines) is 1. The molecule has 0 bridgehead atoms. The van der Waals surface area contributed by atoms with E-state index in [2.05, 4.69) is 23.8 Å². The van der Waals surface area contributed by atoms with Crippen molar-refractivity contribution in [2.24, 2.45) is 16.7 Å². The van der Waals surface area contributed by atoms with Crippen LogP contribution in [0, 0.1) is 16.7 Å². The molecule has 24 heavy (non-hydrogen) atoms. The first-order valence-corrected chi connectivity index (χ1v) is 8.20. The molecule has 2 heterocycles. The number of methoxy groups -OCH3 is 1. The van der Waals surface area contributed by atoms with Crippen LogP contribution in [-0.2, 0) is 9.53 Å². The molecular formula is C18H21N3O3. The summed E-state index contributed by atoms with van der Waals surface area (Å²) in [5.41, 5.74) is 1.09. The fraction of sp³-hybridized carbons (Fsp3) is 0.500. The van der Waals surface area contributed by atoms with Gasteiger partial charge in [-0.2, -0.15) is 0 Å². The Hall–Kier alpha value is -2.37. The second-order valence-electron chi connectivity index (χ2n) is 7.65. The molecule has 1 aliphatic carbocycles. The zero-order chi connectivity index (χ0) is 17.1. The number of aromatic amines is 1. The lowest BCUT2D eigenvalue weighted by molar-refractivity contribution is -0.174. The van der Waals surface area contributed by atoms with Gasteiger partial charge < -0.3 is 14.6 Å². The standard InChI is InChI=1S/C18H21N3O3/c1-17(2)9-18(16(23)24-3)10-21(8-13(17)18)15(22)14-19-11-6-4-5-7-12(11)20-14/h4-7,13H,8-10H2,1-3H3,(H,19,20)/t13-,18+/m1/s1. The highest BCUT2D eigenvalue weighted by atomic mass is 16.5. The first-order chi connectivity index (χ1) is 11.4. The van der Waals surface area contributed by atoms with E-state index in [1.807, 2.05) is 24.3 Å². The number of ether oxygens (including phenoxy) is 1. The molecule has 4 rings (SSSR count). The predicted molar refractivity (Wildman–Crippen MR) is 88.3 cm³/mol. The molecule has 1 aromatic heterocycles. The van der Waals surface area contributed by atoms with Gasteiger partial charge in [-0.25, -0.2) is 4.98 Å². The van der Waals surface area contributed by atoms with Gasteiger partial charge in [-0.15, -0.1) is 0 Å². The molecule has 1 saturated carbocycles. The van der Waals surface area contributed by atoms with Crippen LogP contribution in [0.1, 0.15) is 30.9 Å². The fourth-order valence-electron chi connectivity index (χ4n) is 4.73. The Kier molecular flexibility index (Phi) is 3.04. The van der Waals surface area contributed by atoms with Crippen molar-refractivity contribution in [1.82, 2.24) is 14.9 Å². The SMILES string of the molecule is COC(=O)[C@@]12CN(C(=O)c3nc4ccccc4[nH]3)C[C@@H]1C(C)(C)C2. The molecule has 1 N–H and O–H groups in total. The molecule has 2 fully saturated rings. The summed E-state index contributed by atoms with van der Waals surface area (Å²) >= 11 is 0. The van der Waals surface area contributed by atoms with Crippen molar-refractivity contribution < 1.29 is 14.3 Å². The number of aromatic nitrogens is 2. The van der Waals surface area contributed by atoms with Crippen molar-refractivity contribution in [3.05, 3.63) is 30.1 Å². The molecule has 1 aliphatic heterocycles. The van der Waals surface area contributed by atoms with E-state index in [9.17, 15) is 9.59 Å². The maximum absolute atomic E-state index is 12.9. The van der Waals surface area contributed by atoms with Crippen LogP contribution in [0.5, 0.6) is 0 Å². The van der Waals surface area contributed by atoms with Gasteiger partial charge in [-0.05, 0) is 29.9 Å². The second kappa shape index (κ2) is 4.82. The van der Waals surface area contributed by atoms with Gasteiger partial charge in [0.15, 0.2) is 5.82 Å². The number of hydrogen-bond donors (Lipinski definition) is 1. The first kappa shape index (κ1) is 15.2. The molecule has 0 unspecified atom stereocenters. The Morgan fingerprint density at radius 2 is 2.08 bits per heavy atom. The molecule has 1 saturated heterocycles. The van der Waals surface area contributed by atoms with Gasteiger partial charge >= 0.3 is 5.97 Å². The Balaban J connectivity index is 1.63. The molecule has 0 radical (unpaired) electrons. The molecular weight excluding hydrogens is 306 g/mol. The zero-order valence-electron chi connectivity index (χ0n) is 14.1. The first-order valence-electron chi connectivity index (χ1n) is 8.20. The molecule has 2 aromatic rings. The summed E-state index contributed by atoms with van der Waals surface area (Å²) in [6.07, 6.45) is 0.751. The number of carbonyl (C=O) groups excluding carboxylic acids is 2. The van der Waals surface area contributed by atoms with Gasteiger partial charge in [0.05, 0.1) is 23.6 Å². The molecule has 0 spiro atoms. The van der Waals surface area contributed by atoms with Crippen molar-refractivity contribution in [3.63, 3.8) is 0 Å². The lowest BCUT2D eigenvalue weighted by Gasteiger charge is -2.54. The van der Waals surface area contributed by atoms with E-state index in [1.165, 1.54) is 7.11 Å². The summed E-state index contributed by atoms with van der Waals surface area (Å²) in [5, 5.41) is 0. The lowest BCUT2D eigenvalue weighted by atomic mass is 9.48. The summed E-state index contributed by atoms with van der Waals surface area (Å²) in [6.45, 7) is 5.27. The zero-order valence-corrected chi connectivity index (χ0v) is 14.1. The topological polar surface area (TPSA) is 75.3 Å². The van der Waals surface area contributed by atoms with E-state index < -0.39 is 5.41 Å². The van der Waals surface area contributed by atoms with Crippen LogP contribution in [0.3, 0.4) is 0 Å². The number of imidazole rings is 1.